The van der Waals surface area contributed by atoms with Crippen LogP contribution >= 0.6 is 0 Å². The van der Waals surface area contributed by atoms with E-state index in [1.165, 1.54) is 0 Å². The Morgan fingerprint density at radius 2 is 1.86 bits per heavy atom. The molecule has 35 heavy (non-hydrogen) atoms. The molecule has 1 fully saturated rings. The topological polar surface area (TPSA) is 85.4 Å². The molecular formula is C27H31N5O3. The number of nitriles is 1. The quantitative estimate of drug-likeness (QED) is 0.420. The molecule has 0 N–H and O–H groups in total. The van der Waals surface area contributed by atoms with Gasteiger partial charge in [-0.1, -0.05) is 38.1 Å². The summed E-state index contributed by atoms with van der Waals surface area (Å²) in [5.41, 5.74) is 2.11. The van der Waals surface area contributed by atoms with E-state index >= 15 is 0 Å². The molecule has 0 radical (unpaired) electrons. The summed E-state index contributed by atoms with van der Waals surface area (Å²) in [6, 6.07) is 17.9. The molecule has 0 saturated carbocycles. The van der Waals surface area contributed by atoms with Crippen LogP contribution in [0.25, 0.3) is 17.3 Å². The van der Waals surface area contributed by atoms with E-state index in [0.29, 0.717) is 74.3 Å². The lowest BCUT2D eigenvalue weighted by molar-refractivity contribution is 0.122. The molecule has 2 aromatic carbocycles. The van der Waals surface area contributed by atoms with Crippen LogP contribution in [-0.4, -0.2) is 54.3 Å². The van der Waals surface area contributed by atoms with Crippen LogP contribution in [0.5, 0.6) is 11.5 Å². The second kappa shape index (κ2) is 11.5. The zero-order chi connectivity index (χ0) is 24.6. The Balaban J connectivity index is 1.74. The van der Waals surface area contributed by atoms with Crippen LogP contribution in [0.15, 0.2) is 48.5 Å². The third-order valence-electron chi connectivity index (χ3n) is 5.47. The number of aromatic nitrogens is 3. The van der Waals surface area contributed by atoms with Crippen molar-refractivity contribution in [2.75, 3.05) is 44.4 Å². The molecule has 1 aliphatic heterocycles. The Morgan fingerprint density at radius 1 is 1.09 bits per heavy atom. The zero-order valence-electron chi connectivity index (χ0n) is 20.5. The van der Waals surface area contributed by atoms with Crippen molar-refractivity contribution in [2.24, 2.45) is 5.92 Å². The Hall–Kier alpha value is -3.83. The van der Waals surface area contributed by atoms with Crippen molar-refractivity contribution in [2.45, 2.75) is 20.8 Å². The maximum absolute atomic E-state index is 10.1. The van der Waals surface area contributed by atoms with Crippen LogP contribution in [0.2, 0.25) is 0 Å². The van der Waals surface area contributed by atoms with Gasteiger partial charge in [-0.3, -0.25) is 4.57 Å². The van der Waals surface area contributed by atoms with Gasteiger partial charge in [-0.05, 0) is 48.7 Å². The summed E-state index contributed by atoms with van der Waals surface area (Å²) in [6.07, 6.45) is 1.81. The maximum Gasteiger partial charge on any atom is 0.232 e. The highest BCUT2D eigenvalue weighted by molar-refractivity contribution is 5.88. The molecule has 8 nitrogen and oxygen atoms in total. The molecule has 182 valence electrons. The second-order valence-corrected chi connectivity index (χ2v) is 8.61. The molecule has 1 aliphatic rings. The number of rotatable bonds is 9. The van der Waals surface area contributed by atoms with Gasteiger partial charge in [-0.2, -0.15) is 5.26 Å². The molecule has 1 saturated heterocycles. The van der Waals surface area contributed by atoms with Gasteiger partial charge in [0.15, 0.2) is 17.3 Å². The summed E-state index contributed by atoms with van der Waals surface area (Å²) in [4.78, 5) is 2.13. The first-order valence-corrected chi connectivity index (χ1v) is 12.0. The molecule has 0 spiro atoms. The van der Waals surface area contributed by atoms with Crippen molar-refractivity contribution in [1.82, 2.24) is 14.8 Å². The van der Waals surface area contributed by atoms with Gasteiger partial charge in [0.1, 0.15) is 6.07 Å². The molecule has 0 amide bonds. The van der Waals surface area contributed by atoms with Gasteiger partial charge >= 0.3 is 0 Å². The summed E-state index contributed by atoms with van der Waals surface area (Å²) >= 11 is 0. The monoisotopic (exact) mass is 473 g/mol. The zero-order valence-corrected chi connectivity index (χ0v) is 20.5. The van der Waals surface area contributed by atoms with Gasteiger partial charge in [-0.15, -0.1) is 10.2 Å². The van der Waals surface area contributed by atoms with Gasteiger partial charge in [0, 0.05) is 13.1 Å². The number of para-hydroxylation sites is 1. The number of benzene rings is 2. The molecule has 3 aromatic rings. The van der Waals surface area contributed by atoms with E-state index in [-0.39, 0.29) is 0 Å². The Kier molecular flexibility index (Phi) is 8.01. The van der Waals surface area contributed by atoms with Gasteiger partial charge < -0.3 is 19.1 Å². The molecular weight excluding hydrogens is 442 g/mol. The van der Waals surface area contributed by atoms with E-state index in [4.69, 9.17) is 14.2 Å². The minimum Gasteiger partial charge on any atom is -0.490 e. The summed E-state index contributed by atoms with van der Waals surface area (Å²) < 4.78 is 19.2. The highest BCUT2D eigenvalue weighted by atomic mass is 16.5. The first-order chi connectivity index (χ1) is 17.1. The molecule has 0 unspecified atom stereocenters. The van der Waals surface area contributed by atoms with Crippen LogP contribution in [0.3, 0.4) is 0 Å². The largest absolute Gasteiger partial charge is 0.490 e. The fourth-order valence-corrected chi connectivity index (χ4v) is 3.81. The van der Waals surface area contributed by atoms with Crippen molar-refractivity contribution in [3.05, 3.63) is 59.9 Å². The molecule has 0 atom stereocenters. The lowest BCUT2D eigenvalue weighted by Crippen LogP contribution is -2.38. The van der Waals surface area contributed by atoms with E-state index in [0.717, 1.165) is 11.3 Å². The predicted molar refractivity (Wildman–Crippen MR) is 136 cm³/mol. The molecule has 4 rings (SSSR count). The van der Waals surface area contributed by atoms with E-state index in [1.807, 2.05) is 60.0 Å². The first kappa shape index (κ1) is 24.3. The predicted octanol–water partition coefficient (Wildman–Crippen LogP) is 4.60. The van der Waals surface area contributed by atoms with Crippen LogP contribution in [-0.2, 0) is 4.74 Å². The van der Waals surface area contributed by atoms with Gasteiger partial charge in [-0.25, -0.2) is 0 Å². The summed E-state index contributed by atoms with van der Waals surface area (Å²) in [5.74, 6) is 2.93. The summed E-state index contributed by atoms with van der Waals surface area (Å²) in [5, 5.41) is 19.0. The van der Waals surface area contributed by atoms with Gasteiger partial charge in [0.25, 0.3) is 0 Å². The van der Waals surface area contributed by atoms with Gasteiger partial charge in [0.05, 0.1) is 37.7 Å². The number of nitrogens with zero attached hydrogens (tertiary/aromatic N) is 5. The number of ether oxygens (including phenoxy) is 3. The summed E-state index contributed by atoms with van der Waals surface area (Å²) in [6.45, 7) is 9.94. The number of morpholine rings is 1. The number of hydrogen-bond acceptors (Lipinski definition) is 7. The minimum absolute atomic E-state index is 0.402. The molecule has 2 heterocycles. The number of hydrogen-bond donors (Lipinski definition) is 0. The molecule has 1 aromatic heterocycles. The van der Waals surface area contributed by atoms with Crippen molar-refractivity contribution in [1.29, 1.82) is 5.26 Å². The molecule has 0 aliphatic carbocycles. The van der Waals surface area contributed by atoms with E-state index in [9.17, 15) is 5.26 Å². The summed E-state index contributed by atoms with van der Waals surface area (Å²) in [7, 11) is 0. The number of anilines is 1. The smallest absolute Gasteiger partial charge is 0.232 e. The van der Waals surface area contributed by atoms with Crippen LogP contribution < -0.4 is 14.4 Å². The fraction of sp³-hybridized carbons (Fsp3) is 0.370. The average Bonchev–Trinajstić information content (AvgIpc) is 3.33. The van der Waals surface area contributed by atoms with E-state index in [1.54, 1.807) is 6.08 Å². The third kappa shape index (κ3) is 5.81. The second-order valence-electron chi connectivity index (χ2n) is 8.61. The van der Waals surface area contributed by atoms with Crippen LogP contribution in [0.4, 0.5) is 5.95 Å². The van der Waals surface area contributed by atoms with Crippen LogP contribution in [0.1, 0.15) is 32.2 Å². The van der Waals surface area contributed by atoms with E-state index in [2.05, 4.69) is 35.0 Å². The van der Waals surface area contributed by atoms with E-state index < -0.39 is 0 Å². The lowest BCUT2D eigenvalue weighted by atomic mass is 10.1. The number of allylic oxidation sites excluding steroid dienone is 1. The van der Waals surface area contributed by atoms with Gasteiger partial charge in [0.2, 0.25) is 5.95 Å². The van der Waals surface area contributed by atoms with Crippen molar-refractivity contribution >= 4 is 17.6 Å². The third-order valence-corrected chi connectivity index (χ3v) is 5.47. The Labute approximate surface area is 206 Å². The average molecular weight is 474 g/mol. The van der Waals surface area contributed by atoms with Crippen molar-refractivity contribution < 1.29 is 14.2 Å². The fourth-order valence-electron chi connectivity index (χ4n) is 3.81. The highest BCUT2D eigenvalue weighted by Gasteiger charge is 2.23. The molecule has 0 bridgehead atoms. The van der Waals surface area contributed by atoms with Crippen LogP contribution in [0, 0.1) is 17.2 Å². The lowest BCUT2D eigenvalue weighted by Gasteiger charge is -2.28. The maximum atomic E-state index is 10.1. The minimum atomic E-state index is 0.402. The normalized spacial score (nSPS) is 14.1. The van der Waals surface area contributed by atoms with Crippen molar-refractivity contribution in [3.63, 3.8) is 0 Å². The standard InChI is InChI=1S/C27H31N5O3/c1-4-34-25-17-21(10-11-24(25)35-19-20(2)3)16-22(18-28)26-29-30-27(31-12-14-33-15-13-31)32(26)23-8-6-5-7-9-23/h5-11,16-17,20H,4,12-15,19H2,1-3H3. The highest BCUT2D eigenvalue weighted by Crippen LogP contribution is 2.31. The SMILES string of the molecule is CCOc1cc(C=C(C#N)c2nnc(N3CCOCC3)n2-c2ccccc2)ccc1OCC(C)C. The van der Waals surface area contributed by atoms with Crippen molar-refractivity contribution in [3.8, 4) is 23.3 Å². The first-order valence-electron chi connectivity index (χ1n) is 12.0. The molecule has 8 heteroatoms. The Bertz CT molecular complexity index is 1190. The Morgan fingerprint density at radius 3 is 2.54 bits per heavy atom.